The van der Waals surface area contributed by atoms with Crippen LogP contribution in [-0.4, -0.2) is 4.98 Å². The van der Waals surface area contributed by atoms with Crippen molar-refractivity contribution in [3.05, 3.63) is 41.4 Å². The van der Waals surface area contributed by atoms with Gasteiger partial charge in [0.15, 0.2) is 0 Å². The fourth-order valence-corrected chi connectivity index (χ4v) is 2.44. The van der Waals surface area contributed by atoms with E-state index < -0.39 is 0 Å². The van der Waals surface area contributed by atoms with Gasteiger partial charge in [0.2, 0.25) is 0 Å². The Kier molecular flexibility index (Phi) is 2.46. The molecule has 14 heavy (non-hydrogen) atoms. The molecule has 2 heterocycles. The molecule has 2 aromatic rings. The molecule has 0 saturated carbocycles. The SMILES string of the molecule is C=Cc1sc2ncccc2c1/C=C\C. The molecule has 0 atom stereocenters. The summed E-state index contributed by atoms with van der Waals surface area (Å²) in [5.41, 5.74) is 1.23. The van der Waals surface area contributed by atoms with E-state index in [1.165, 1.54) is 15.8 Å². The highest BCUT2D eigenvalue weighted by Crippen LogP contribution is 2.31. The number of hydrogen-bond donors (Lipinski definition) is 0. The van der Waals surface area contributed by atoms with Crippen LogP contribution in [-0.2, 0) is 0 Å². The molecule has 0 aliphatic carbocycles. The lowest BCUT2D eigenvalue weighted by Crippen LogP contribution is -1.72. The first-order valence-electron chi connectivity index (χ1n) is 4.49. The first kappa shape index (κ1) is 9.16. The van der Waals surface area contributed by atoms with Gasteiger partial charge in [-0.3, -0.25) is 0 Å². The molecule has 0 N–H and O–H groups in total. The summed E-state index contributed by atoms with van der Waals surface area (Å²) in [5.74, 6) is 0. The van der Waals surface area contributed by atoms with E-state index in [9.17, 15) is 0 Å². The van der Waals surface area contributed by atoms with Crippen molar-refractivity contribution in [3.63, 3.8) is 0 Å². The molecule has 2 rings (SSSR count). The van der Waals surface area contributed by atoms with Crippen LogP contribution in [0.1, 0.15) is 17.4 Å². The number of pyridine rings is 1. The molecule has 0 saturated heterocycles. The zero-order valence-electron chi connectivity index (χ0n) is 8.03. The van der Waals surface area contributed by atoms with Crippen LogP contribution in [0.4, 0.5) is 0 Å². The monoisotopic (exact) mass is 201 g/mol. The van der Waals surface area contributed by atoms with Crippen LogP contribution in [0.3, 0.4) is 0 Å². The smallest absolute Gasteiger partial charge is 0.124 e. The molecule has 0 amide bonds. The average molecular weight is 201 g/mol. The van der Waals surface area contributed by atoms with E-state index in [1.54, 1.807) is 11.3 Å². The van der Waals surface area contributed by atoms with Crippen LogP contribution in [0.25, 0.3) is 22.4 Å². The molecule has 0 bridgehead atoms. The molecule has 0 fully saturated rings. The van der Waals surface area contributed by atoms with Crippen molar-refractivity contribution < 1.29 is 0 Å². The number of aromatic nitrogens is 1. The molecule has 70 valence electrons. The maximum atomic E-state index is 4.33. The second kappa shape index (κ2) is 3.76. The molecule has 2 heteroatoms. The molecule has 0 unspecified atom stereocenters. The van der Waals surface area contributed by atoms with Crippen molar-refractivity contribution in [2.24, 2.45) is 0 Å². The van der Waals surface area contributed by atoms with Crippen LogP contribution in [0.15, 0.2) is 31.0 Å². The Labute approximate surface area is 87.4 Å². The first-order chi connectivity index (χ1) is 6.86. The van der Waals surface area contributed by atoms with Gasteiger partial charge in [-0.15, -0.1) is 11.3 Å². The molecule has 0 aromatic carbocycles. The summed E-state index contributed by atoms with van der Waals surface area (Å²) in [7, 11) is 0. The summed E-state index contributed by atoms with van der Waals surface area (Å²) >= 11 is 1.68. The van der Waals surface area contributed by atoms with Crippen molar-refractivity contribution in [3.8, 4) is 0 Å². The van der Waals surface area contributed by atoms with Crippen molar-refractivity contribution in [2.45, 2.75) is 6.92 Å². The second-order valence-electron chi connectivity index (χ2n) is 2.94. The number of rotatable bonds is 2. The third kappa shape index (κ3) is 1.38. The summed E-state index contributed by atoms with van der Waals surface area (Å²) < 4.78 is 0. The van der Waals surface area contributed by atoms with Gasteiger partial charge in [0.05, 0.1) is 0 Å². The zero-order valence-corrected chi connectivity index (χ0v) is 8.84. The highest BCUT2D eigenvalue weighted by atomic mass is 32.1. The van der Waals surface area contributed by atoms with Crippen molar-refractivity contribution in [1.82, 2.24) is 4.98 Å². The van der Waals surface area contributed by atoms with E-state index in [1.807, 2.05) is 31.3 Å². The van der Waals surface area contributed by atoms with E-state index in [4.69, 9.17) is 0 Å². The predicted molar refractivity (Wildman–Crippen MR) is 64.4 cm³/mol. The number of nitrogens with zero attached hydrogens (tertiary/aromatic N) is 1. The van der Waals surface area contributed by atoms with Gasteiger partial charge in [0, 0.05) is 22.0 Å². The van der Waals surface area contributed by atoms with Crippen LogP contribution < -0.4 is 0 Å². The van der Waals surface area contributed by atoms with E-state index in [-0.39, 0.29) is 0 Å². The second-order valence-corrected chi connectivity index (χ2v) is 3.97. The van der Waals surface area contributed by atoms with E-state index in [0.29, 0.717) is 0 Å². The largest absolute Gasteiger partial charge is 0.245 e. The molecule has 0 radical (unpaired) electrons. The Balaban J connectivity index is 2.80. The lowest BCUT2D eigenvalue weighted by atomic mass is 10.1. The van der Waals surface area contributed by atoms with Crippen LogP contribution in [0, 0.1) is 0 Å². The number of fused-ring (bicyclic) bond motifs is 1. The number of allylic oxidation sites excluding steroid dienone is 1. The highest BCUT2D eigenvalue weighted by Gasteiger charge is 2.06. The first-order valence-corrected chi connectivity index (χ1v) is 5.31. The Hall–Kier alpha value is -1.41. The van der Waals surface area contributed by atoms with Gasteiger partial charge < -0.3 is 0 Å². The summed E-state index contributed by atoms with van der Waals surface area (Å²) in [5, 5.41) is 1.21. The molecule has 1 nitrogen and oxygen atoms in total. The Bertz CT molecular complexity index is 494. The predicted octanol–water partition coefficient (Wildman–Crippen LogP) is 3.97. The highest BCUT2D eigenvalue weighted by molar-refractivity contribution is 7.19. The zero-order chi connectivity index (χ0) is 9.97. The summed E-state index contributed by atoms with van der Waals surface area (Å²) in [6.45, 7) is 5.84. The van der Waals surface area contributed by atoms with Crippen LogP contribution >= 0.6 is 11.3 Å². The topological polar surface area (TPSA) is 12.9 Å². The van der Waals surface area contributed by atoms with Gasteiger partial charge in [-0.2, -0.15) is 0 Å². The van der Waals surface area contributed by atoms with Crippen LogP contribution in [0.2, 0.25) is 0 Å². The summed E-state index contributed by atoms with van der Waals surface area (Å²) in [4.78, 5) is 6.60. The van der Waals surface area contributed by atoms with Gasteiger partial charge in [-0.1, -0.05) is 24.8 Å². The van der Waals surface area contributed by atoms with Crippen molar-refractivity contribution in [1.29, 1.82) is 0 Å². The third-order valence-electron chi connectivity index (χ3n) is 2.05. The molecular weight excluding hydrogens is 190 g/mol. The Morgan fingerprint density at radius 2 is 2.36 bits per heavy atom. The normalized spacial score (nSPS) is 11.2. The Morgan fingerprint density at radius 1 is 1.50 bits per heavy atom. The van der Waals surface area contributed by atoms with Crippen molar-refractivity contribution >= 4 is 33.7 Å². The lowest BCUT2D eigenvalue weighted by molar-refractivity contribution is 1.45. The number of hydrogen-bond acceptors (Lipinski definition) is 2. The van der Waals surface area contributed by atoms with E-state index in [2.05, 4.69) is 23.7 Å². The lowest BCUT2D eigenvalue weighted by Gasteiger charge is -1.91. The quantitative estimate of drug-likeness (QED) is 0.716. The minimum Gasteiger partial charge on any atom is -0.245 e. The van der Waals surface area contributed by atoms with Gasteiger partial charge in [0.1, 0.15) is 4.83 Å². The maximum Gasteiger partial charge on any atom is 0.124 e. The van der Waals surface area contributed by atoms with E-state index >= 15 is 0 Å². The van der Waals surface area contributed by atoms with Gasteiger partial charge in [0.25, 0.3) is 0 Å². The minimum absolute atomic E-state index is 1.08. The van der Waals surface area contributed by atoms with E-state index in [0.717, 1.165) is 4.83 Å². The summed E-state index contributed by atoms with van der Waals surface area (Å²) in [6, 6.07) is 4.07. The van der Waals surface area contributed by atoms with Gasteiger partial charge in [-0.05, 0) is 19.1 Å². The maximum absolute atomic E-state index is 4.33. The van der Waals surface area contributed by atoms with Gasteiger partial charge in [-0.25, -0.2) is 4.98 Å². The third-order valence-corrected chi connectivity index (χ3v) is 3.18. The molecule has 0 aliphatic rings. The fraction of sp³-hybridized carbons (Fsp3) is 0.0833. The Morgan fingerprint density at radius 3 is 3.07 bits per heavy atom. The van der Waals surface area contributed by atoms with Crippen molar-refractivity contribution in [2.75, 3.05) is 0 Å². The molecular formula is C12H11NS. The average Bonchev–Trinajstić information content (AvgIpc) is 2.58. The standard InChI is InChI=1S/C12H11NS/c1-3-6-9-10-7-5-8-13-12(10)14-11(9)4-2/h3-8H,2H2,1H3/b6-3-. The molecule has 2 aromatic heterocycles. The summed E-state index contributed by atoms with van der Waals surface area (Å²) in [6.07, 6.45) is 7.87. The van der Waals surface area contributed by atoms with Gasteiger partial charge >= 0.3 is 0 Å². The molecule has 0 spiro atoms. The number of thiophene rings is 1. The minimum atomic E-state index is 1.08. The fourth-order valence-electron chi connectivity index (χ4n) is 1.46. The molecule has 0 aliphatic heterocycles. The van der Waals surface area contributed by atoms with Crippen LogP contribution in [0.5, 0.6) is 0 Å².